The van der Waals surface area contributed by atoms with Crippen molar-refractivity contribution in [3.05, 3.63) is 0 Å². The van der Waals surface area contributed by atoms with Crippen molar-refractivity contribution in [1.82, 2.24) is 4.90 Å². The molecule has 92 valence electrons. The van der Waals surface area contributed by atoms with Gasteiger partial charge in [0, 0.05) is 13.1 Å². The Morgan fingerprint density at radius 1 is 1.38 bits per heavy atom. The summed E-state index contributed by atoms with van der Waals surface area (Å²) in [4.78, 5) is 14.3. The molecule has 3 heteroatoms. The van der Waals surface area contributed by atoms with Gasteiger partial charge < -0.3 is 10.6 Å². The average Bonchev–Trinajstić information content (AvgIpc) is 2.95. The largest absolute Gasteiger partial charge is 0.341 e. The number of likely N-dealkylation sites (tertiary alicyclic amines) is 1. The van der Waals surface area contributed by atoms with Gasteiger partial charge in [-0.3, -0.25) is 4.79 Å². The molecule has 0 aromatic heterocycles. The molecule has 2 fully saturated rings. The van der Waals surface area contributed by atoms with Crippen molar-refractivity contribution in [3.8, 4) is 0 Å². The van der Waals surface area contributed by atoms with E-state index in [4.69, 9.17) is 5.73 Å². The fourth-order valence-corrected chi connectivity index (χ4v) is 2.71. The van der Waals surface area contributed by atoms with E-state index in [1.54, 1.807) is 0 Å². The molecule has 1 aliphatic heterocycles. The molecule has 2 aliphatic rings. The zero-order valence-electron chi connectivity index (χ0n) is 10.7. The van der Waals surface area contributed by atoms with Gasteiger partial charge in [0.1, 0.15) is 0 Å². The van der Waals surface area contributed by atoms with Crippen LogP contribution in [0, 0.1) is 17.8 Å². The predicted octanol–water partition coefficient (Wildman–Crippen LogP) is 1.62. The molecule has 2 N–H and O–H groups in total. The van der Waals surface area contributed by atoms with Gasteiger partial charge in [-0.2, -0.15) is 0 Å². The highest BCUT2D eigenvalue weighted by molar-refractivity contribution is 5.86. The Morgan fingerprint density at radius 3 is 2.44 bits per heavy atom. The average molecular weight is 224 g/mol. The van der Waals surface area contributed by atoms with Crippen molar-refractivity contribution in [2.75, 3.05) is 13.1 Å². The van der Waals surface area contributed by atoms with Crippen LogP contribution in [0.1, 0.15) is 40.0 Å². The van der Waals surface area contributed by atoms with E-state index < -0.39 is 5.54 Å². The van der Waals surface area contributed by atoms with Crippen molar-refractivity contribution in [3.63, 3.8) is 0 Å². The molecular formula is C13H24N2O. The van der Waals surface area contributed by atoms with E-state index in [2.05, 4.69) is 13.8 Å². The third kappa shape index (κ3) is 2.10. The summed E-state index contributed by atoms with van der Waals surface area (Å²) in [7, 11) is 0. The number of carbonyl (C=O) groups is 1. The number of rotatable bonds is 3. The van der Waals surface area contributed by atoms with Gasteiger partial charge in [0.25, 0.3) is 0 Å². The molecule has 0 bridgehead atoms. The minimum absolute atomic E-state index is 0.179. The van der Waals surface area contributed by atoms with Crippen LogP contribution in [0.25, 0.3) is 0 Å². The van der Waals surface area contributed by atoms with Crippen molar-refractivity contribution in [1.29, 1.82) is 0 Å². The second kappa shape index (κ2) is 4.02. The number of nitrogens with two attached hydrogens (primary N) is 1. The lowest BCUT2D eigenvalue weighted by Gasteiger charge is -2.29. The second-order valence-electron chi connectivity index (χ2n) is 6.10. The highest BCUT2D eigenvalue weighted by atomic mass is 16.2. The molecule has 1 saturated heterocycles. The first-order valence-electron chi connectivity index (χ1n) is 6.51. The summed E-state index contributed by atoms with van der Waals surface area (Å²) in [6.45, 7) is 8.20. The van der Waals surface area contributed by atoms with Crippen LogP contribution in [0.4, 0.5) is 0 Å². The van der Waals surface area contributed by atoms with Crippen LogP contribution >= 0.6 is 0 Å². The zero-order valence-corrected chi connectivity index (χ0v) is 10.7. The van der Waals surface area contributed by atoms with E-state index in [0.29, 0.717) is 17.8 Å². The molecule has 0 aromatic rings. The predicted molar refractivity (Wildman–Crippen MR) is 64.8 cm³/mol. The number of carbonyl (C=O) groups excluding carboxylic acids is 1. The zero-order chi connectivity index (χ0) is 11.9. The Kier molecular flexibility index (Phi) is 2.99. The third-order valence-corrected chi connectivity index (χ3v) is 4.34. The maximum atomic E-state index is 12.3. The summed E-state index contributed by atoms with van der Waals surface area (Å²) < 4.78 is 0. The molecule has 16 heavy (non-hydrogen) atoms. The van der Waals surface area contributed by atoms with E-state index in [-0.39, 0.29) is 5.91 Å². The quantitative estimate of drug-likeness (QED) is 0.792. The van der Waals surface area contributed by atoms with Crippen molar-refractivity contribution in [2.24, 2.45) is 23.5 Å². The monoisotopic (exact) mass is 224 g/mol. The maximum absolute atomic E-state index is 12.3. The van der Waals surface area contributed by atoms with E-state index in [1.807, 2.05) is 11.8 Å². The fourth-order valence-electron chi connectivity index (χ4n) is 2.71. The summed E-state index contributed by atoms with van der Waals surface area (Å²) in [5.41, 5.74) is 5.57. The van der Waals surface area contributed by atoms with E-state index in [9.17, 15) is 4.79 Å². The Morgan fingerprint density at radius 2 is 2.00 bits per heavy atom. The molecule has 2 rings (SSSR count). The number of nitrogens with zero attached hydrogens (tertiary/aromatic N) is 1. The Balaban J connectivity index is 1.96. The van der Waals surface area contributed by atoms with Crippen LogP contribution in [0.15, 0.2) is 0 Å². The summed E-state index contributed by atoms with van der Waals surface area (Å²) in [5, 5.41) is 0. The van der Waals surface area contributed by atoms with Crippen molar-refractivity contribution >= 4 is 5.91 Å². The number of hydrogen-bond donors (Lipinski definition) is 1. The first-order valence-corrected chi connectivity index (χ1v) is 6.51. The van der Waals surface area contributed by atoms with Gasteiger partial charge >= 0.3 is 0 Å². The standard InChI is InChI=1S/C13H24N2O/c1-9(2)10-6-7-15(8-10)12(16)13(3,14)11-4-5-11/h9-11H,4-8,14H2,1-3H3. The normalized spacial score (nSPS) is 29.6. The van der Waals surface area contributed by atoms with Gasteiger partial charge in [-0.15, -0.1) is 0 Å². The molecule has 1 heterocycles. The minimum Gasteiger partial charge on any atom is -0.341 e. The molecule has 2 unspecified atom stereocenters. The molecule has 1 aliphatic carbocycles. The van der Waals surface area contributed by atoms with Crippen LogP contribution in [0.2, 0.25) is 0 Å². The molecule has 2 atom stereocenters. The van der Waals surface area contributed by atoms with Crippen LogP contribution in [-0.2, 0) is 4.79 Å². The molecule has 0 spiro atoms. The number of hydrogen-bond acceptors (Lipinski definition) is 2. The molecule has 1 amide bonds. The van der Waals surface area contributed by atoms with Crippen LogP contribution in [0.3, 0.4) is 0 Å². The molecule has 0 radical (unpaired) electrons. The first kappa shape index (κ1) is 11.9. The fraction of sp³-hybridized carbons (Fsp3) is 0.923. The lowest BCUT2D eigenvalue weighted by molar-refractivity contribution is -0.136. The highest BCUT2D eigenvalue weighted by Crippen LogP contribution is 2.39. The smallest absolute Gasteiger partial charge is 0.242 e. The van der Waals surface area contributed by atoms with Crippen molar-refractivity contribution < 1.29 is 4.79 Å². The van der Waals surface area contributed by atoms with E-state index >= 15 is 0 Å². The van der Waals surface area contributed by atoms with E-state index in [0.717, 1.165) is 32.4 Å². The van der Waals surface area contributed by atoms with Gasteiger partial charge in [-0.05, 0) is 43.9 Å². The van der Waals surface area contributed by atoms with Gasteiger partial charge in [-0.1, -0.05) is 13.8 Å². The Labute approximate surface area is 98.4 Å². The van der Waals surface area contributed by atoms with Gasteiger partial charge in [-0.25, -0.2) is 0 Å². The molecule has 1 saturated carbocycles. The Hall–Kier alpha value is -0.570. The summed E-state index contributed by atoms with van der Waals surface area (Å²) in [5.74, 6) is 1.94. The lowest BCUT2D eigenvalue weighted by Crippen LogP contribution is -2.54. The van der Waals surface area contributed by atoms with Crippen LogP contribution < -0.4 is 5.73 Å². The van der Waals surface area contributed by atoms with Crippen molar-refractivity contribution in [2.45, 2.75) is 45.6 Å². The minimum atomic E-state index is -0.605. The first-order chi connectivity index (χ1) is 7.43. The van der Waals surface area contributed by atoms with Crippen LogP contribution in [0.5, 0.6) is 0 Å². The molecule has 3 nitrogen and oxygen atoms in total. The lowest BCUT2D eigenvalue weighted by atomic mass is 9.94. The topological polar surface area (TPSA) is 46.3 Å². The van der Waals surface area contributed by atoms with Gasteiger partial charge in [0.05, 0.1) is 5.54 Å². The van der Waals surface area contributed by atoms with Gasteiger partial charge in [0.2, 0.25) is 5.91 Å². The van der Waals surface area contributed by atoms with Crippen LogP contribution in [-0.4, -0.2) is 29.4 Å². The molecular weight excluding hydrogens is 200 g/mol. The molecule has 0 aromatic carbocycles. The van der Waals surface area contributed by atoms with E-state index in [1.165, 1.54) is 0 Å². The Bertz CT molecular complexity index is 282. The summed E-state index contributed by atoms with van der Waals surface area (Å²) in [6.07, 6.45) is 3.39. The SMILES string of the molecule is CC(C)C1CCN(C(=O)C(C)(N)C2CC2)C1. The highest BCUT2D eigenvalue weighted by Gasteiger charge is 2.47. The second-order valence-corrected chi connectivity index (χ2v) is 6.10. The third-order valence-electron chi connectivity index (χ3n) is 4.34. The van der Waals surface area contributed by atoms with Gasteiger partial charge in [0.15, 0.2) is 0 Å². The summed E-state index contributed by atoms with van der Waals surface area (Å²) in [6, 6.07) is 0. The summed E-state index contributed by atoms with van der Waals surface area (Å²) >= 11 is 0. The number of amides is 1. The maximum Gasteiger partial charge on any atom is 0.242 e.